The molecule has 6 nitrogen and oxygen atoms in total. The van der Waals surface area contributed by atoms with Crippen molar-refractivity contribution in [1.29, 1.82) is 0 Å². The average Bonchev–Trinajstić information content (AvgIpc) is 2.30. The SMILES string of the molecule is COC(OC)C(C)Nc1ccc(S(C)(=O)=O)nc1. The lowest BCUT2D eigenvalue weighted by molar-refractivity contribution is -0.109. The van der Waals surface area contributed by atoms with Gasteiger partial charge in [0.05, 0.1) is 17.9 Å². The van der Waals surface area contributed by atoms with Gasteiger partial charge in [-0.3, -0.25) is 0 Å². The molecule has 0 radical (unpaired) electrons. The van der Waals surface area contributed by atoms with Crippen LogP contribution in [0.25, 0.3) is 0 Å². The van der Waals surface area contributed by atoms with Gasteiger partial charge in [0.1, 0.15) is 0 Å². The maximum absolute atomic E-state index is 11.2. The Hall–Kier alpha value is -1.18. The molecule has 0 saturated carbocycles. The quantitative estimate of drug-likeness (QED) is 0.777. The molecule has 1 aromatic heterocycles. The van der Waals surface area contributed by atoms with Crippen molar-refractivity contribution in [3.8, 4) is 0 Å². The Morgan fingerprint density at radius 1 is 1.28 bits per heavy atom. The third-order valence-electron chi connectivity index (χ3n) is 2.38. The molecule has 1 unspecified atom stereocenters. The van der Waals surface area contributed by atoms with E-state index in [1.807, 2.05) is 6.92 Å². The highest BCUT2D eigenvalue weighted by Crippen LogP contribution is 2.13. The molecule has 1 rings (SSSR count). The number of hydrogen-bond acceptors (Lipinski definition) is 6. The molecule has 0 bridgehead atoms. The summed E-state index contributed by atoms with van der Waals surface area (Å²) in [5.74, 6) is 0. The molecule has 0 aliphatic heterocycles. The van der Waals surface area contributed by atoms with Crippen LogP contribution in [0.3, 0.4) is 0 Å². The fourth-order valence-corrected chi connectivity index (χ4v) is 2.08. The molecule has 1 atom stereocenters. The zero-order valence-corrected chi connectivity index (χ0v) is 11.7. The van der Waals surface area contributed by atoms with Gasteiger partial charge < -0.3 is 14.8 Å². The Bertz CT molecular complexity index is 468. The van der Waals surface area contributed by atoms with Crippen LogP contribution in [0, 0.1) is 0 Å². The van der Waals surface area contributed by atoms with Crippen molar-refractivity contribution in [2.24, 2.45) is 0 Å². The fourth-order valence-electron chi connectivity index (χ4n) is 1.52. The number of aromatic nitrogens is 1. The van der Waals surface area contributed by atoms with Crippen LogP contribution in [-0.4, -0.2) is 46.2 Å². The lowest BCUT2D eigenvalue weighted by atomic mass is 10.3. The molecular weight excluding hydrogens is 256 g/mol. The van der Waals surface area contributed by atoms with E-state index in [0.29, 0.717) is 5.69 Å². The summed E-state index contributed by atoms with van der Waals surface area (Å²) in [6.07, 6.45) is 2.20. The maximum Gasteiger partial charge on any atom is 0.192 e. The van der Waals surface area contributed by atoms with Gasteiger partial charge in [-0.05, 0) is 19.1 Å². The van der Waals surface area contributed by atoms with Gasteiger partial charge in [-0.15, -0.1) is 0 Å². The molecular formula is C11H18N2O4S. The standard InChI is InChI=1S/C11H18N2O4S/c1-8(11(16-2)17-3)13-9-5-6-10(12-7-9)18(4,14)15/h5-8,11,13H,1-4H3. The number of anilines is 1. The molecule has 0 saturated heterocycles. The Morgan fingerprint density at radius 2 is 1.89 bits per heavy atom. The number of nitrogens with zero attached hydrogens (tertiary/aromatic N) is 1. The van der Waals surface area contributed by atoms with E-state index in [9.17, 15) is 8.42 Å². The number of sulfone groups is 1. The first-order valence-corrected chi connectivity index (χ1v) is 7.26. The number of hydrogen-bond donors (Lipinski definition) is 1. The summed E-state index contributed by atoms with van der Waals surface area (Å²) < 4.78 is 32.7. The minimum absolute atomic E-state index is 0.0516. The van der Waals surface area contributed by atoms with E-state index >= 15 is 0 Å². The Balaban J connectivity index is 2.75. The van der Waals surface area contributed by atoms with Crippen LogP contribution in [0.1, 0.15) is 6.92 Å². The van der Waals surface area contributed by atoms with Crippen molar-refractivity contribution in [2.45, 2.75) is 24.3 Å². The molecule has 0 spiro atoms. The summed E-state index contributed by atoms with van der Waals surface area (Å²) in [5.41, 5.74) is 0.703. The first-order valence-electron chi connectivity index (χ1n) is 5.36. The van der Waals surface area contributed by atoms with Crippen molar-refractivity contribution >= 4 is 15.5 Å². The maximum atomic E-state index is 11.2. The molecule has 0 fully saturated rings. The third-order valence-corrected chi connectivity index (χ3v) is 3.38. The topological polar surface area (TPSA) is 77.5 Å². The van der Waals surface area contributed by atoms with Gasteiger partial charge in [-0.1, -0.05) is 0 Å². The van der Waals surface area contributed by atoms with E-state index in [1.165, 1.54) is 12.3 Å². The summed E-state index contributed by atoms with van der Waals surface area (Å²) in [4.78, 5) is 3.88. The van der Waals surface area contributed by atoms with Crippen molar-refractivity contribution in [1.82, 2.24) is 4.98 Å². The first-order chi connectivity index (χ1) is 8.38. The smallest absolute Gasteiger partial charge is 0.192 e. The van der Waals surface area contributed by atoms with Crippen LogP contribution in [0.5, 0.6) is 0 Å². The second-order valence-corrected chi connectivity index (χ2v) is 5.89. The van der Waals surface area contributed by atoms with E-state index in [4.69, 9.17) is 9.47 Å². The van der Waals surface area contributed by atoms with E-state index in [1.54, 1.807) is 20.3 Å². The lowest BCUT2D eigenvalue weighted by Gasteiger charge is -2.22. The number of ether oxygens (including phenoxy) is 2. The Morgan fingerprint density at radius 3 is 2.28 bits per heavy atom. The molecule has 1 heterocycles. The molecule has 1 N–H and O–H groups in total. The Labute approximate surface area is 107 Å². The predicted octanol–water partition coefficient (Wildman–Crippen LogP) is 0.904. The highest BCUT2D eigenvalue weighted by atomic mass is 32.2. The fraction of sp³-hybridized carbons (Fsp3) is 0.545. The van der Waals surface area contributed by atoms with Crippen LogP contribution in [0.4, 0.5) is 5.69 Å². The van der Waals surface area contributed by atoms with Gasteiger partial charge in [0, 0.05) is 20.5 Å². The first kappa shape index (κ1) is 14.9. The molecule has 7 heteroatoms. The minimum Gasteiger partial charge on any atom is -0.376 e. The predicted molar refractivity (Wildman–Crippen MR) is 68.2 cm³/mol. The van der Waals surface area contributed by atoms with Crippen LogP contribution < -0.4 is 5.32 Å². The normalized spacial score (nSPS) is 13.6. The summed E-state index contributed by atoms with van der Waals surface area (Å²) in [5, 5.41) is 3.17. The van der Waals surface area contributed by atoms with Crippen molar-refractivity contribution in [2.75, 3.05) is 25.8 Å². The number of rotatable bonds is 6. The monoisotopic (exact) mass is 274 g/mol. The third kappa shape index (κ3) is 3.94. The summed E-state index contributed by atoms with van der Waals surface area (Å²) >= 11 is 0. The summed E-state index contributed by atoms with van der Waals surface area (Å²) in [6, 6.07) is 3.02. The molecule has 0 aromatic carbocycles. The molecule has 0 amide bonds. The van der Waals surface area contributed by atoms with Gasteiger partial charge >= 0.3 is 0 Å². The van der Waals surface area contributed by atoms with Gasteiger partial charge in [0.15, 0.2) is 21.2 Å². The summed E-state index contributed by atoms with van der Waals surface area (Å²) in [7, 11) is -0.156. The van der Waals surface area contributed by atoms with Crippen LogP contribution in [0.2, 0.25) is 0 Å². The van der Waals surface area contributed by atoms with Crippen molar-refractivity contribution in [3.05, 3.63) is 18.3 Å². The molecule has 0 aliphatic rings. The van der Waals surface area contributed by atoms with Gasteiger partial charge in [0.2, 0.25) is 0 Å². The molecule has 1 aromatic rings. The van der Waals surface area contributed by atoms with Gasteiger partial charge in [0.25, 0.3) is 0 Å². The molecule has 102 valence electrons. The average molecular weight is 274 g/mol. The second-order valence-electron chi connectivity index (χ2n) is 3.93. The minimum atomic E-state index is -3.26. The van der Waals surface area contributed by atoms with Crippen LogP contribution in [0.15, 0.2) is 23.4 Å². The summed E-state index contributed by atoms with van der Waals surface area (Å²) in [6.45, 7) is 1.89. The van der Waals surface area contributed by atoms with Gasteiger partial charge in [-0.2, -0.15) is 0 Å². The highest BCUT2D eigenvalue weighted by molar-refractivity contribution is 7.90. The van der Waals surface area contributed by atoms with E-state index in [-0.39, 0.29) is 17.4 Å². The number of nitrogens with one attached hydrogen (secondary N) is 1. The number of methoxy groups -OCH3 is 2. The largest absolute Gasteiger partial charge is 0.376 e. The van der Waals surface area contributed by atoms with E-state index < -0.39 is 9.84 Å². The van der Waals surface area contributed by atoms with Gasteiger partial charge in [-0.25, -0.2) is 13.4 Å². The zero-order chi connectivity index (χ0) is 13.8. The zero-order valence-electron chi connectivity index (χ0n) is 10.9. The molecule has 18 heavy (non-hydrogen) atoms. The van der Waals surface area contributed by atoms with Crippen LogP contribution in [-0.2, 0) is 19.3 Å². The van der Waals surface area contributed by atoms with E-state index in [2.05, 4.69) is 10.3 Å². The highest BCUT2D eigenvalue weighted by Gasteiger charge is 2.16. The second kappa shape index (κ2) is 6.12. The van der Waals surface area contributed by atoms with Crippen molar-refractivity contribution in [3.63, 3.8) is 0 Å². The lowest BCUT2D eigenvalue weighted by Crippen LogP contribution is -2.33. The van der Waals surface area contributed by atoms with Crippen molar-refractivity contribution < 1.29 is 17.9 Å². The molecule has 0 aliphatic carbocycles. The Kier molecular flexibility index (Phi) is 5.06. The van der Waals surface area contributed by atoms with E-state index in [0.717, 1.165) is 6.26 Å². The van der Waals surface area contributed by atoms with Crippen LogP contribution >= 0.6 is 0 Å². The number of pyridine rings is 1.